The Morgan fingerprint density at radius 1 is 0.245 bits per heavy atom. The molecule has 0 bridgehead atoms. The largest absolute Gasteiger partial charge is 0.472 e. The van der Waals surface area contributed by atoms with Crippen molar-refractivity contribution in [3.8, 4) is 0 Å². The van der Waals surface area contributed by atoms with Gasteiger partial charge in [-0.3, -0.25) is 37.3 Å². The van der Waals surface area contributed by atoms with E-state index in [9.17, 15) is 43.2 Å². The number of carbonyl (C=O) groups excluding carboxylic acids is 4. The molecule has 0 aliphatic carbocycles. The van der Waals surface area contributed by atoms with Gasteiger partial charge in [-0.1, -0.05) is 446 Å². The fourth-order valence-electron chi connectivity index (χ4n) is 14.4. The van der Waals surface area contributed by atoms with Gasteiger partial charge in [0.2, 0.25) is 0 Å². The summed E-state index contributed by atoms with van der Waals surface area (Å²) in [5.41, 5.74) is 0. The standard InChI is InChI=1S/C91H178O17P2/c1-6-9-12-15-18-21-24-27-29-31-33-35-37-41-46-51-56-61-66-71-76-90(95)108-87(81-102-89(94)75-70-65-60-55-50-45-40-36-34-32-30-28-25-22-19-16-13-10-7-2)83-106-110(99,100)104-79-85(92)78-103-109(97,98)105-82-86(80-101-88(93)74-69-64-59-54-49-43-26-23-20-17-14-11-8-3)107-91(96)77-72-67-62-57-52-47-42-38-39-44-48-53-58-63-68-73-84(4)5/h84-87,92H,6-83H2,1-5H3,(H,97,98)(H,99,100)/t85-,86+,87+/m0/s1. The van der Waals surface area contributed by atoms with E-state index in [-0.39, 0.29) is 25.7 Å². The third-order valence-corrected chi connectivity index (χ3v) is 23.4. The summed E-state index contributed by atoms with van der Waals surface area (Å²) in [5, 5.41) is 10.7. The quantitative estimate of drug-likeness (QED) is 0.0222. The minimum Gasteiger partial charge on any atom is -0.462 e. The lowest BCUT2D eigenvalue weighted by molar-refractivity contribution is -0.161. The van der Waals surface area contributed by atoms with Gasteiger partial charge >= 0.3 is 39.5 Å². The zero-order valence-electron chi connectivity index (χ0n) is 72.4. The number of aliphatic hydroxyl groups excluding tert-OH is 1. The van der Waals surface area contributed by atoms with Crippen molar-refractivity contribution >= 4 is 39.5 Å². The molecule has 0 rings (SSSR count). The zero-order chi connectivity index (χ0) is 80.4. The van der Waals surface area contributed by atoms with Crippen LogP contribution >= 0.6 is 15.6 Å². The average molecular weight is 1610 g/mol. The van der Waals surface area contributed by atoms with Crippen molar-refractivity contribution in [3.05, 3.63) is 0 Å². The third-order valence-electron chi connectivity index (χ3n) is 21.5. The van der Waals surface area contributed by atoms with E-state index < -0.39 is 97.5 Å². The molecule has 0 aliphatic heterocycles. The number of aliphatic hydroxyl groups is 1. The van der Waals surface area contributed by atoms with Crippen molar-refractivity contribution in [3.63, 3.8) is 0 Å². The van der Waals surface area contributed by atoms with E-state index >= 15 is 0 Å². The highest BCUT2D eigenvalue weighted by Gasteiger charge is 2.31. The number of phosphoric ester groups is 2. The SMILES string of the molecule is CCCCCCCCCCCCCCCCCCCCCCC(=O)O[C@H](COC(=O)CCCCCCCCCCCCCCCCCCCCC)COP(=O)(O)OC[C@@H](O)COP(=O)(O)OC[C@@H](COC(=O)CCCCCCCCCCCCCCC)OC(=O)CCCCCCCCCCCCCCCCCC(C)C. The number of unbranched alkanes of at least 4 members (excludes halogenated alkanes) is 63. The van der Waals surface area contributed by atoms with E-state index in [4.69, 9.17) is 37.0 Å². The monoisotopic (exact) mass is 1610 g/mol. The fraction of sp³-hybridized carbons (Fsp3) is 0.956. The first kappa shape index (κ1) is 108. The van der Waals surface area contributed by atoms with Crippen LogP contribution in [0.25, 0.3) is 0 Å². The second-order valence-corrected chi connectivity index (χ2v) is 36.1. The second kappa shape index (κ2) is 83.5. The molecule has 0 aromatic rings. The maximum Gasteiger partial charge on any atom is 0.472 e. The third kappa shape index (κ3) is 84.0. The lowest BCUT2D eigenvalue weighted by Gasteiger charge is -2.21. The molecule has 654 valence electrons. The first-order chi connectivity index (χ1) is 53.5. The molecule has 0 saturated carbocycles. The highest BCUT2D eigenvalue weighted by atomic mass is 31.2. The van der Waals surface area contributed by atoms with Crippen LogP contribution in [0.5, 0.6) is 0 Å². The van der Waals surface area contributed by atoms with Crippen molar-refractivity contribution < 1.29 is 80.2 Å². The smallest absolute Gasteiger partial charge is 0.462 e. The minimum atomic E-state index is -4.97. The Morgan fingerprint density at radius 2 is 0.418 bits per heavy atom. The molecular weight excluding hydrogens is 1430 g/mol. The molecule has 0 aliphatic rings. The summed E-state index contributed by atoms with van der Waals surface area (Å²) in [6, 6.07) is 0. The van der Waals surface area contributed by atoms with Gasteiger partial charge in [0, 0.05) is 25.7 Å². The number of carbonyl (C=O) groups is 4. The van der Waals surface area contributed by atoms with E-state index in [1.165, 1.54) is 321 Å². The summed E-state index contributed by atoms with van der Waals surface area (Å²) >= 11 is 0. The van der Waals surface area contributed by atoms with E-state index in [1.807, 2.05) is 0 Å². The molecule has 0 fully saturated rings. The van der Waals surface area contributed by atoms with Crippen molar-refractivity contribution in [1.29, 1.82) is 0 Å². The molecular formula is C91H178O17P2. The molecule has 5 atom stereocenters. The Morgan fingerprint density at radius 3 is 0.618 bits per heavy atom. The lowest BCUT2D eigenvalue weighted by atomic mass is 10.0. The molecule has 0 amide bonds. The molecule has 0 saturated heterocycles. The van der Waals surface area contributed by atoms with Gasteiger partial charge in [-0.25, -0.2) is 9.13 Å². The van der Waals surface area contributed by atoms with Crippen LogP contribution in [0.1, 0.15) is 497 Å². The predicted molar refractivity (Wildman–Crippen MR) is 455 cm³/mol. The van der Waals surface area contributed by atoms with Crippen LogP contribution in [0.2, 0.25) is 0 Å². The van der Waals surface area contributed by atoms with Gasteiger partial charge in [0.15, 0.2) is 12.2 Å². The van der Waals surface area contributed by atoms with Crippen molar-refractivity contribution in [2.24, 2.45) is 5.92 Å². The van der Waals surface area contributed by atoms with Crippen LogP contribution in [0.3, 0.4) is 0 Å². The van der Waals surface area contributed by atoms with Gasteiger partial charge in [-0.2, -0.15) is 0 Å². The number of esters is 4. The van der Waals surface area contributed by atoms with Gasteiger partial charge in [0.25, 0.3) is 0 Å². The van der Waals surface area contributed by atoms with Crippen LogP contribution in [-0.2, 0) is 65.4 Å². The first-order valence-corrected chi connectivity index (χ1v) is 50.1. The highest BCUT2D eigenvalue weighted by molar-refractivity contribution is 7.47. The number of ether oxygens (including phenoxy) is 4. The maximum absolute atomic E-state index is 13.2. The maximum atomic E-state index is 13.2. The molecule has 19 heteroatoms. The van der Waals surface area contributed by atoms with Gasteiger partial charge in [0.05, 0.1) is 26.4 Å². The number of hydrogen-bond acceptors (Lipinski definition) is 15. The Bertz CT molecular complexity index is 2080. The summed E-state index contributed by atoms with van der Waals surface area (Å²) in [4.78, 5) is 73.5. The van der Waals surface area contributed by atoms with Gasteiger partial charge in [-0.05, 0) is 31.6 Å². The summed E-state index contributed by atoms with van der Waals surface area (Å²) in [6.45, 7) is 7.43. The van der Waals surface area contributed by atoms with E-state index in [1.54, 1.807) is 0 Å². The fourth-order valence-corrected chi connectivity index (χ4v) is 15.9. The normalized spacial score (nSPS) is 13.7. The van der Waals surface area contributed by atoms with Crippen molar-refractivity contribution in [2.45, 2.75) is 515 Å². The summed E-state index contributed by atoms with van der Waals surface area (Å²) in [7, 11) is -9.94. The molecule has 17 nitrogen and oxygen atoms in total. The lowest BCUT2D eigenvalue weighted by Crippen LogP contribution is -2.30. The molecule has 2 unspecified atom stereocenters. The summed E-state index contributed by atoms with van der Waals surface area (Å²) < 4.78 is 69.1. The van der Waals surface area contributed by atoms with Gasteiger partial charge in [-0.15, -0.1) is 0 Å². The van der Waals surface area contributed by atoms with E-state index in [2.05, 4.69) is 34.6 Å². The zero-order valence-corrected chi connectivity index (χ0v) is 74.2. The van der Waals surface area contributed by atoms with E-state index in [0.29, 0.717) is 25.7 Å². The number of rotatable bonds is 91. The summed E-state index contributed by atoms with van der Waals surface area (Å²) in [6.07, 6.45) is 79.1. The average Bonchev–Trinajstić information content (AvgIpc) is 0.898. The van der Waals surface area contributed by atoms with Crippen molar-refractivity contribution in [1.82, 2.24) is 0 Å². The Balaban J connectivity index is 5.26. The Hall–Kier alpha value is -1.94. The van der Waals surface area contributed by atoms with Crippen LogP contribution < -0.4 is 0 Å². The minimum absolute atomic E-state index is 0.109. The van der Waals surface area contributed by atoms with Crippen molar-refractivity contribution in [2.75, 3.05) is 39.6 Å². The first-order valence-electron chi connectivity index (χ1n) is 47.1. The molecule has 3 N–H and O–H groups in total. The van der Waals surface area contributed by atoms with Crippen LogP contribution in [-0.4, -0.2) is 96.7 Å². The predicted octanol–water partition coefficient (Wildman–Crippen LogP) is 28.3. The van der Waals surface area contributed by atoms with Crippen LogP contribution in [0, 0.1) is 5.92 Å². The van der Waals surface area contributed by atoms with Crippen LogP contribution in [0.15, 0.2) is 0 Å². The Labute approximate surface area is 677 Å². The molecule has 110 heavy (non-hydrogen) atoms. The number of hydrogen-bond donors (Lipinski definition) is 3. The molecule has 0 heterocycles. The highest BCUT2D eigenvalue weighted by Crippen LogP contribution is 2.45. The molecule has 0 aromatic heterocycles. The molecule has 0 radical (unpaired) electrons. The van der Waals surface area contributed by atoms with Crippen LogP contribution in [0.4, 0.5) is 0 Å². The van der Waals surface area contributed by atoms with Gasteiger partial charge < -0.3 is 33.8 Å². The topological polar surface area (TPSA) is 237 Å². The van der Waals surface area contributed by atoms with Gasteiger partial charge in [0.1, 0.15) is 19.3 Å². The molecule has 0 spiro atoms. The van der Waals surface area contributed by atoms with E-state index in [0.717, 1.165) is 95.8 Å². The summed E-state index contributed by atoms with van der Waals surface area (Å²) in [5.74, 6) is -1.29. The Kier molecular flexibility index (Phi) is 82.1. The second-order valence-electron chi connectivity index (χ2n) is 33.2. The molecule has 0 aromatic carbocycles. The number of phosphoric acid groups is 2.